The fraction of sp³-hybridized carbons (Fsp3) is 0.583. The average molecular weight is 279 g/mol. The van der Waals surface area contributed by atoms with Crippen molar-refractivity contribution in [3.05, 3.63) is 27.6 Å². The van der Waals surface area contributed by atoms with Crippen molar-refractivity contribution in [2.75, 3.05) is 13.1 Å². The van der Waals surface area contributed by atoms with Crippen molar-refractivity contribution < 1.29 is 0 Å². The molecule has 2 unspecified atom stereocenters. The monoisotopic (exact) mass is 279 g/mol. The molecule has 1 N–H and O–H groups in total. The largest absolute Gasteiger partial charge is 0.311 e. The van der Waals surface area contributed by atoms with Gasteiger partial charge in [-0.15, -0.1) is 0 Å². The molecule has 0 bridgehead atoms. The molecule has 0 amide bonds. The Kier molecular flexibility index (Phi) is 3.34. The summed E-state index contributed by atoms with van der Waals surface area (Å²) in [5, 5.41) is 7.42. The number of hydrogen-bond acceptors (Lipinski definition) is 6. The minimum Gasteiger partial charge on any atom is -0.311 e. The lowest BCUT2D eigenvalue weighted by Gasteiger charge is -2.37. The van der Waals surface area contributed by atoms with Crippen LogP contribution in [0.5, 0.6) is 0 Å². The van der Waals surface area contributed by atoms with Gasteiger partial charge in [0.2, 0.25) is 4.96 Å². The summed E-state index contributed by atoms with van der Waals surface area (Å²) in [6.07, 6.45) is 0. The maximum atomic E-state index is 11.9. The fourth-order valence-electron chi connectivity index (χ4n) is 2.41. The van der Waals surface area contributed by atoms with Gasteiger partial charge in [0.1, 0.15) is 5.51 Å². The van der Waals surface area contributed by atoms with E-state index in [9.17, 15) is 4.79 Å². The Bertz CT molecular complexity index is 636. The number of rotatable bonds is 2. The average Bonchev–Trinajstić information content (AvgIpc) is 2.82. The smallest absolute Gasteiger partial charge is 0.275 e. The lowest BCUT2D eigenvalue weighted by Crippen LogP contribution is -2.53. The number of nitrogens with zero attached hydrogens (tertiary/aromatic N) is 4. The van der Waals surface area contributed by atoms with Crippen LogP contribution in [0.3, 0.4) is 0 Å². The highest BCUT2D eigenvalue weighted by atomic mass is 32.1. The van der Waals surface area contributed by atoms with E-state index >= 15 is 0 Å². The van der Waals surface area contributed by atoms with E-state index in [1.165, 1.54) is 15.9 Å². The third-order valence-electron chi connectivity index (χ3n) is 3.50. The van der Waals surface area contributed by atoms with Crippen LogP contribution in [-0.2, 0) is 6.54 Å². The molecule has 2 aromatic heterocycles. The van der Waals surface area contributed by atoms with Gasteiger partial charge in [0.05, 0.1) is 5.69 Å². The first kappa shape index (κ1) is 12.7. The zero-order valence-electron chi connectivity index (χ0n) is 11.0. The van der Waals surface area contributed by atoms with E-state index in [2.05, 4.69) is 34.1 Å². The van der Waals surface area contributed by atoms with E-state index in [1.807, 2.05) is 0 Å². The van der Waals surface area contributed by atoms with Crippen molar-refractivity contribution in [2.24, 2.45) is 0 Å². The van der Waals surface area contributed by atoms with Gasteiger partial charge in [0.25, 0.3) is 5.56 Å². The number of aromatic nitrogens is 3. The molecule has 1 fully saturated rings. The number of hydrogen-bond donors (Lipinski definition) is 1. The van der Waals surface area contributed by atoms with Crippen LogP contribution in [0.1, 0.15) is 19.5 Å². The third-order valence-corrected chi connectivity index (χ3v) is 4.17. The van der Waals surface area contributed by atoms with Crippen LogP contribution in [0.4, 0.5) is 0 Å². The Hall–Kier alpha value is -1.31. The van der Waals surface area contributed by atoms with Gasteiger partial charge in [-0.1, -0.05) is 11.3 Å². The summed E-state index contributed by atoms with van der Waals surface area (Å²) in [4.78, 5) is 19.4. The van der Waals surface area contributed by atoms with E-state index in [0.717, 1.165) is 25.3 Å². The Balaban J connectivity index is 1.86. The van der Waals surface area contributed by atoms with Crippen LogP contribution in [0, 0.1) is 0 Å². The second kappa shape index (κ2) is 4.99. The Morgan fingerprint density at radius 1 is 1.53 bits per heavy atom. The molecule has 1 saturated heterocycles. The van der Waals surface area contributed by atoms with Gasteiger partial charge in [-0.2, -0.15) is 9.61 Å². The SMILES string of the molecule is CC1CN(Cc2cc(=O)n3ncsc3n2)C(C)CN1. The van der Waals surface area contributed by atoms with Crippen LogP contribution >= 0.6 is 11.3 Å². The van der Waals surface area contributed by atoms with Crippen LogP contribution in [0.25, 0.3) is 4.96 Å². The first-order valence-electron chi connectivity index (χ1n) is 6.43. The number of nitrogens with one attached hydrogen (secondary N) is 1. The molecule has 3 heterocycles. The molecule has 6 nitrogen and oxygen atoms in total. The summed E-state index contributed by atoms with van der Waals surface area (Å²) in [6.45, 7) is 7.04. The third kappa shape index (κ3) is 2.54. The Morgan fingerprint density at radius 2 is 2.37 bits per heavy atom. The molecule has 0 spiro atoms. The van der Waals surface area contributed by atoms with Gasteiger partial charge in [-0.05, 0) is 13.8 Å². The summed E-state index contributed by atoms with van der Waals surface area (Å²) >= 11 is 1.39. The highest BCUT2D eigenvalue weighted by Gasteiger charge is 2.22. The van der Waals surface area contributed by atoms with E-state index in [4.69, 9.17) is 0 Å². The zero-order valence-corrected chi connectivity index (χ0v) is 11.9. The van der Waals surface area contributed by atoms with Gasteiger partial charge < -0.3 is 5.32 Å². The summed E-state index contributed by atoms with van der Waals surface area (Å²) < 4.78 is 1.35. The number of piperazine rings is 1. The van der Waals surface area contributed by atoms with Crippen LogP contribution in [-0.4, -0.2) is 44.7 Å². The highest BCUT2D eigenvalue weighted by Crippen LogP contribution is 2.11. The normalized spacial score (nSPS) is 24.9. The molecule has 3 rings (SSSR count). The summed E-state index contributed by atoms with van der Waals surface area (Å²) in [6, 6.07) is 2.52. The van der Waals surface area contributed by atoms with Gasteiger partial charge in [-0.3, -0.25) is 9.69 Å². The maximum Gasteiger partial charge on any atom is 0.275 e. The lowest BCUT2D eigenvalue weighted by atomic mass is 10.1. The van der Waals surface area contributed by atoms with Crippen molar-refractivity contribution in [1.82, 2.24) is 24.8 Å². The van der Waals surface area contributed by atoms with Crippen molar-refractivity contribution in [3.63, 3.8) is 0 Å². The zero-order chi connectivity index (χ0) is 13.4. The van der Waals surface area contributed by atoms with E-state index < -0.39 is 0 Å². The molecule has 0 aromatic carbocycles. The van der Waals surface area contributed by atoms with E-state index in [-0.39, 0.29) is 5.56 Å². The first-order valence-corrected chi connectivity index (χ1v) is 7.31. The van der Waals surface area contributed by atoms with E-state index in [0.29, 0.717) is 17.0 Å². The first-order chi connectivity index (χ1) is 9.13. The van der Waals surface area contributed by atoms with Crippen LogP contribution < -0.4 is 10.9 Å². The molecular weight excluding hydrogens is 262 g/mol. The fourth-order valence-corrected chi connectivity index (χ4v) is 3.05. The van der Waals surface area contributed by atoms with Crippen LogP contribution in [0.2, 0.25) is 0 Å². The van der Waals surface area contributed by atoms with E-state index in [1.54, 1.807) is 11.6 Å². The molecule has 0 aliphatic carbocycles. The molecule has 0 saturated carbocycles. The summed E-state index contributed by atoms with van der Waals surface area (Å²) in [5.41, 5.74) is 2.37. The molecule has 102 valence electrons. The molecule has 7 heteroatoms. The molecular formula is C12H17N5OS. The predicted octanol–water partition coefficient (Wildman–Crippen LogP) is 0.333. The Labute approximate surface area is 115 Å². The molecule has 1 aliphatic rings. The van der Waals surface area contributed by atoms with Crippen molar-refractivity contribution in [2.45, 2.75) is 32.5 Å². The second-order valence-electron chi connectivity index (χ2n) is 5.11. The van der Waals surface area contributed by atoms with Gasteiger partial charge >= 0.3 is 0 Å². The molecule has 2 atom stereocenters. The molecule has 0 radical (unpaired) electrons. The van der Waals surface area contributed by atoms with Crippen molar-refractivity contribution >= 4 is 16.3 Å². The lowest BCUT2D eigenvalue weighted by molar-refractivity contribution is 0.137. The second-order valence-corrected chi connectivity index (χ2v) is 5.92. The minimum absolute atomic E-state index is 0.0999. The van der Waals surface area contributed by atoms with Crippen molar-refractivity contribution in [3.8, 4) is 0 Å². The Morgan fingerprint density at radius 3 is 3.21 bits per heavy atom. The van der Waals surface area contributed by atoms with Crippen molar-refractivity contribution in [1.29, 1.82) is 0 Å². The molecule has 19 heavy (non-hydrogen) atoms. The minimum atomic E-state index is -0.0999. The molecule has 1 aliphatic heterocycles. The van der Waals surface area contributed by atoms with Gasteiger partial charge in [0.15, 0.2) is 0 Å². The maximum absolute atomic E-state index is 11.9. The topological polar surface area (TPSA) is 62.5 Å². The van der Waals surface area contributed by atoms with Crippen LogP contribution in [0.15, 0.2) is 16.4 Å². The quantitative estimate of drug-likeness (QED) is 0.858. The van der Waals surface area contributed by atoms with Gasteiger partial charge in [-0.25, -0.2) is 4.98 Å². The standard InChI is InChI=1S/C12H17N5OS/c1-8-5-16(9(2)4-13-8)6-10-3-11(18)17-12(15-10)19-7-14-17/h3,7-9,13H,4-6H2,1-2H3. The predicted molar refractivity (Wildman–Crippen MR) is 74.5 cm³/mol. The molecule has 2 aromatic rings. The highest BCUT2D eigenvalue weighted by molar-refractivity contribution is 7.14. The summed E-state index contributed by atoms with van der Waals surface area (Å²) in [7, 11) is 0. The van der Waals surface area contributed by atoms with Gasteiger partial charge in [0, 0.05) is 37.8 Å². The number of fused-ring (bicyclic) bond motifs is 1. The summed E-state index contributed by atoms with van der Waals surface area (Å²) in [5.74, 6) is 0.